The van der Waals surface area contributed by atoms with E-state index in [4.69, 9.17) is 4.74 Å². The van der Waals surface area contributed by atoms with Gasteiger partial charge in [0.05, 0.1) is 10.6 Å². The third kappa shape index (κ3) is 9.86. The quantitative estimate of drug-likeness (QED) is 0.120. The normalized spacial score (nSPS) is 12.4. The van der Waals surface area contributed by atoms with Gasteiger partial charge in [-0.2, -0.15) is 0 Å². The predicted octanol–water partition coefficient (Wildman–Crippen LogP) is 7.85. The Balaban J connectivity index is 1.56. The van der Waals surface area contributed by atoms with Crippen LogP contribution in [0.2, 0.25) is 0 Å². The van der Waals surface area contributed by atoms with Gasteiger partial charge in [-0.25, -0.2) is 8.42 Å². The molecule has 5 aromatic rings. The summed E-state index contributed by atoms with van der Waals surface area (Å²) in [7, 11) is -4.23. The summed E-state index contributed by atoms with van der Waals surface area (Å²) in [4.78, 5) is 30.4. The van der Waals surface area contributed by atoms with Crippen LogP contribution in [0.1, 0.15) is 42.5 Å². The summed E-state index contributed by atoms with van der Waals surface area (Å²) < 4.78 is 35.9. The molecule has 264 valence electrons. The lowest BCUT2D eigenvalue weighted by Crippen LogP contribution is -2.54. The number of para-hydroxylation sites is 1. The number of amides is 2. The number of benzene rings is 5. The summed E-state index contributed by atoms with van der Waals surface area (Å²) >= 11 is 0. The zero-order chi connectivity index (χ0) is 36.4. The summed E-state index contributed by atoms with van der Waals surface area (Å²) in [5, 5.41) is 3.08. The Morgan fingerprint density at radius 1 is 0.725 bits per heavy atom. The van der Waals surface area contributed by atoms with Crippen molar-refractivity contribution >= 4 is 27.5 Å². The molecule has 2 amide bonds. The monoisotopic (exact) mass is 703 g/mol. The summed E-state index contributed by atoms with van der Waals surface area (Å²) in [5.41, 5.74) is 3.89. The number of hydrogen-bond acceptors (Lipinski definition) is 5. The highest BCUT2D eigenvalue weighted by molar-refractivity contribution is 7.92. The lowest BCUT2D eigenvalue weighted by molar-refractivity contribution is -0.140. The van der Waals surface area contributed by atoms with E-state index in [1.54, 1.807) is 36.4 Å². The van der Waals surface area contributed by atoms with E-state index in [-0.39, 0.29) is 35.5 Å². The van der Waals surface area contributed by atoms with E-state index in [9.17, 15) is 18.0 Å². The minimum Gasteiger partial charge on any atom is -0.457 e. The Bertz CT molecular complexity index is 2000. The molecule has 51 heavy (non-hydrogen) atoms. The molecule has 0 bridgehead atoms. The van der Waals surface area contributed by atoms with E-state index in [0.29, 0.717) is 17.9 Å². The predicted molar refractivity (Wildman–Crippen MR) is 202 cm³/mol. The lowest BCUT2D eigenvalue weighted by atomic mass is 10.0. The van der Waals surface area contributed by atoms with Crippen LogP contribution in [-0.2, 0) is 32.6 Å². The third-order valence-electron chi connectivity index (χ3n) is 8.70. The van der Waals surface area contributed by atoms with Crippen LogP contribution in [0.15, 0.2) is 138 Å². The molecule has 5 rings (SSSR count). The van der Waals surface area contributed by atoms with Gasteiger partial charge in [-0.1, -0.05) is 103 Å². The van der Waals surface area contributed by atoms with Crippen LogP contribution in [-0.4, -0.2) is 43.8 Å². The zero-order valence-corrected chi connectivity index (χ0v) is 30.3. The van der Waals surface area contributed by atoms with E-state index in [0.717, 1.165) is 26.6 Å². The number of anilines is 1. The molecule has 9 heteroatoms. The molecule has 0 aliphatic carbocycles. The minimum atomic E-state index is -4.23. The molecule has 0 aromatic heterocycles. The van der Waals surface area contributed by atoms with Crippen LogP contribution in [0.4, 0.5) is 5.69 Å². The number of hydrogen-bond donors (Lipinski definition) is 1. The van der Waals surface area contributed by atoms with Crippen molar-refractivity contribution in [3.05, 3.63) is 156 Å². The molecule has 2 atom stereocenters. The van der Waals surface area contributed by atoms with E-state index in [2.05, 4.69) is 5.32 Å². The SMILES string of the molecule is CC[C@@H](C)NC(=O)[C@@H](Cc1ccccc1)N(Cc1cccc(C)c1)C(=O)CN(c1ccc(Oc2ccccc2)cc1)S(=O)(=O)c1ccc(C)cc1. The maximum atomic E-state index is 14.8. The summed E-state index contributed by atoms with van der Waals surface area (Å²) in [6, 6.07) is 38.6. The number of nitrogens with zero attached hydrogens (tertiary/aromatic N) is 2. The van der Waals surface area contributed by atoms with E-state index in [1.807, 2.05) is 113 Å². The average molecular weight is 704 g/mol. The number of sulfonamides is 1. The van der Waals surface area contributed by atoms with Gasteiger partial charge in [0, 0.05) is 19.0 Å². The smallest absolute Gasteiger partial charge is 0.264 e. The Kier molecular flexibility index (Phi) is 12.3. The second kappa shape index (κ2) is 17.0. The zero-order valence-electron chi connectivity index (χ0n) is 29.5. The highest BCUT2D eigenvalue weighted by atomic mass is 32.2. The van der Waals surface area contributed by atoms with E-state index < -0.39 is 28.5 Å². The first-order chi connectivity index (χ1) is 24.5. The highest BCUT2D eigenvalue weighted by Crippen LogP contribution is 2.29. The van der Waals surface area contributed by atoms with Gasteiger partial charge in [-0.3, -0.25) is 13.9 Å². The van der Waals surface area contributed by atoms with Crippen molar-refractivity contribution in [2.75, 3.05) is 10.8 Å². The van der Waals surface area contributed by atoms with E-state index in [1.165, 1.54) is 17.0 Å². The second-order valence-corrected chi connectivity index (χ2v) is 14.6. The van der Waals surface area contributed by atoms with Crippen LogP contribution in [0.25, 0.3) is 0 Å². The van der Waals surface area contributed by atoms with Crippen LogP contribution in [0.3, 0.4) is 0 Å². The molecule has 0 saturated heterocycles. The Hall–Kier alpha value is -5.41. The average Bonchev–Trinajstić information content (AvgIpc) is 3.13. The Labute approximate surface area is 301 Å². The fourth-order valence-electron chi connectivity index (χ4n) is 5.67. The molecular weight excluding hydrogens is 659 g/mol. The molecule has 0 radical (unpaired) electrons. The number of carbonyl (C=O) groups excluding carboxylic acids is 2. The summed E-state index contributed by atoms with van der Waals surface area (Å²) in [5.74, 6) is 0.327. The molecule has 0 heterocycles. The summed E-state index contributed by atoms with van der Waals surface area (Å²) in [6.07, 6.45) is 0.957. The molecule has 0 unspecified atom stereocenters. The third-order valence-corrected chi connectivity index (χ3v) is 10.5. The fourth-order valence-corrected chi connectivity index (χ4v) is 7.09. The van der Waals surface area contributed by atoms with Gasteiger partial charge in [0.25, 0.3) is 10.0 Å². The van der Waals surface area contributed by atoms with Gasteiger partial charge in [0.1, 0.15) is 24.1 Å². The number of ether oxygens (including phenoxy) is 1. The number of carbonyl (C=O) groups is 2. The molecule has 8 nitrogen and oxygen atoms in total. The van der Waals surface area contributed by atoms with Crippen LogP contribution < -0.4 is 14.4 Å². The first-order valence-corrected chi connectivity index (χ1v) is 18.6. The van der Waals surface area contributed by atoms with Crippen molar-refractivity contribution in [3.63, 3.8) is 0 Å². The van der Waals surface area contributed by atoms with Gasteiger partial charge in [-0.15, -0.1) is 0 Å². The van der Waals surface area contributed by atoms with Crippen LogP contribution >= 0.6 is 0 Å². The molecule has 5 aromatic carbocycles. The summed E-state index contributed by atoms with van der Waals surface area (Å²) in [6.45, 7) is 7.32. The minimum absolute atomic E-state index is 0.0473. The fraction of sp³-hybridized carbons (Fsp3) is 0.238. The lowest BCUT2D eigenvalue weighted by Gasteiger charge is -2.34. The standard InChI is InChI=1S/C42H45N3O5S/c1-5-33(4)43-42(47)40(28-34-14-8-6-9-15-34)44(29-35-16-12-13-32(3)27-35)41(46)30-45(51(48,49)39-25-19-31(2)20-26-39)36-21-23-38(24-22-36)50-37-17-10-7-11-18-37/h6-27,33,40H,5,28-30H2,1-4H3,(H,43,47)/t33-,40-/m1/s1. The molecule has 0 saturated carbocycles. The van der Waals surface area contributed by atoms with Crippen molar-refractivity contribution in [3.8, 4) is 11.5 Å². The number of nitrogens with one attached hydrogen (secondary N) is 1. The maximum Gasteiger partial charge on any atom is 0.264 e. The van der Waals surface area contributed by atoms with Gasteiger partial charge in [-0.05, 0) is 86.8 Å². The van der Waals surface area contributed by atoms with Crippen molar-refractivity contribution in [2.24, 2.45) is 0 Å². The van der Waals surface area contributed by atoms with Crippen molar-refractivity contribution in [1.82, 2.24) is 10.2 Å². The molecule has 0 aliphatic rings. The topological polar surface area (TPSA) is 96.0 Å². The molecule has 0 spiro atoms. The molecule has 0 aliphatic heterocycles. The maximum absolute atomic E-state index is 14.8. The number of aryl methyl sites for hydroxylation is 2. The largest absolute Gasteiger partial charge is 0.457 e. The van der Waals surface area contributed by atoms with Crippen molar-refractivity contribution in [1.29, 1.82) is 0 Å². The second-order valence-electron chi connectivity index (χ2n) is 12.8. The van der Waals surface area contributed by atoms with Gasteiger partial charge >= 0.3 is 0 Å². The van der Waals surface area contributed by atoms with Crippen molar-refractivity contribution in [2.45, 2.75) is 64.1 Å². The van der Waals surface area contributed by atoms with Crippen LogP contribution in [0.5, 0.6) is 11.5 Å². The van der Waals surface area contributed by atoms with E-state index >= 15 is 0 Å². The highest BCUT2D eigenvalue weighted by Gasteiger charge is 2.35. The molecule has 1 N–H and O–H groups in total. The first kappa shape index (κ1) is 36.9. The first-order valence-electron chi connectivity index (χ1n) is 17.1. The van der Waals surface area contributed by atoms with Crippen LogP contribution in [0, 0.1) is 13.8 Å². The molecular formula is C42H45N3O5S. The Morgan fingerprint density at radius 2 is 1.33 bits per heavy atom. The number of rotatable bonds is 15. The van der Waals surface area contributed by atoms with Gasteiger partial charge in [0.2, 0.25) is 11.8 Å². The van der Waals surface area contributed by atoms with Gasteiger partial charge < -0.3 is 15.0 Å². The Morgan fingerprint density at radius 3 is 1.96 bits per heavy atom. The molecule has 0 fully saturated rings. The van der Waals surface area contributed by atoms with Crippen molar-refractivity contribution < 1.29 is 22.7 Å². The van der Waals surface area contributed by atoms with Gasteiger partial charge in [0.15, 0.2) is 0 Å².